The lowest BCUT2D eigenvalue weighted by Gasteiger charge is -2.34. The monoisotopic (exact) mass is 375 g/mol. The molecule has 4 rings (SSSR count). The van der Waals surface area contributed by atoms with E-state index in [1.165, 1.54) is 0 Å². The highest BCUT2D eigenvalue weighted by atomic mass is 16.2. The standard InChI is InChI=1S/C20H21N7O/c28-18(26-9-11-27(12-10-26)20-21-7-4-8-22-20)17-14-24-19(25-15-17)23-13-16-5-2-1-3-6-16/h1-8,14-15H,9-13H2,(H,23,24,25). The number of piperazine rings is 1. The van der Waals surface area contributed by atoms with Crippen LogP contribution in [0.3, 0.4) is 0 Å². The van der Waals surface area contributed by atoms with Gasteiger partial charge in [0.25, 0.3) is 5.91 Å². The van der Waals surface area contributed by atoms with Crippen molar-refractivity contribution in [3.05, 3.63) is 72.3 Å². The normalized spacial score (nSPS) is 14.0. The van der Waals surface area contributed by atoms with E-state index in [1.807, 2.05) is 35.2 Å². The summed E-state index contributed by atoms with van der Waals surface area (Å²) in [6.07, 6.45) is 6.61. The van der Waals surface area contributed by atoms with Crippen LogP contribution < -0.4 is 10.2 Å². The number of carbonyl (C=O) groups excluding carboxylic acids is 1. The van der Waals surface area contributed by atoms with Gasteiger partial charge in [-0.2, -0.15) is 0 Å². The predicted molar refractivity (Wildman–Crippen MR) is 106 cm³/mol. The maximum absolute atomic E-state index is 12.7. The number of hydrogen-bond donors (Lipinski definition) is 1. The smallest absolute Gasteiger partial charge is 0.257 e. The number of carbonyl (C=O) groups is 1. The highest BCUT2D eigenvalue weighted by Crippen LogP contribution is 2.12. The van der Waals surface area contributed by atoms with E-state index < -0.39 is 0 Å². The van der Waals surface area contributed by atoms with Crippen molar-refractivity contribution in [3.63, 3.8) is 0 Å². The number of nitrogens with zero attached hydrogens (tertiary/aromatic N) is 6. The van der Waals surface area contributed by atoms with Crippen molar-refractivity contribution in [2.75, 3.05) is 36.4 Å². The molecule has 8 nitrogen and oxygen atoms in total. The van der Waals surface area contributed by atoms with Gasteiger partial charge >= 0.3 is 0 Å². The molecule has 0 spiro atoms. The van der Waals surface area contributed by atoms with Gasteiger partial charge in [-0.1, -0.05) is 30.3 Å². The molecule has 2 aromatic heterocycles. The minimum Gasteiger partial charge on any atom is -0.350 e. The van der Waals surface area contributed by atoms with Crippen molar-refractivity contribution in [1.29, 1.82) is 0 Å². The lowest BCUT2D eigenvalue weighted by Crippen LogP contribution is -2.49. The van der Waals surface area contributed by atoms with Gasteiger partial charge < -0.3 is 15.1 Å². The van der Waals surface area contributed by atoms with Gasteiger partial charge in [0.05, 0.1) is 5.56 Å². The molecule has 0 aliphatic carbocycles. The third-order valence-corrected chi connectivity index (χ3v) is 4.59. The van der Waals surface area contributed by atoms with E-state index in [1.54, 1.807) is 30.9 Å². The maximum atomic E-state index is 12.7. The molecular weight excluding hydrogens is 354 g/mol. The van der Waals surface area contributed by atoms with Crippen LogP contribution in [0.5, 0.6) is 0 Å². The molecule has 1 amide bonds. The zero-order chi connectivity index (χ0) is 19.2. The zero-order valence-electron chi connectivity index (χ0n) is 15.4. The van der Waals surface area contributed by atoms with Gasteiger partial charge in [0.1, 0.15) is 0 Å². The minimum absolute atomic E-state index is 0.0526. The average Bonchev–Trinajstić information content (AvgIpc) is 2.79. The maximum Gasteiger partial charge on any atom is 0.257 e. The minimum atomic E-state index is -0.0526. The fraction of sp³-hybridized carbons (Fsp3) is 0.250. The molecule has 0 unspecified atom stereocenters. The summed E-state index contributed by atoms with van der Waals surface area (Å²) in [4.78, 5) is 33.7. The summed E-state index contributed by atoms with van der Waals surface area (Å²) >= 11 is 0. The predicted octanol–water partition coefficient (Wildman–Crippen LogP) is 1.84. The molecule has 8 heteroatoms. The number of hydrogen-bond acceptors (Lipinski definition) is 7. The van der Waals surface area contributed by atoms with Crippen molar-refractivity contribution in [2.45, 2.75) is 6.54 Å². The van der Waals surface area contributed by atoms with E-state index >= 15 is 0 Å². The van der Waals surface area contributed by atoms with Crippen LogP contribution in [-0.2, 0) is 6.54 Å². The summed E-state index contributed by atoms with van der Waals surface area (Å²) < 4.78 is 0. The van der Waals surface area contributed by atoms with Gasteiger partial charge in [0.15, 0.2) is 0 Å². The van der Waals surface area contributed by atoms with Gasteiger partial charge in [-0.3, -0.25) is 4.79 Å². The van der Waals surface area contributed by atoms with Crippen LogP contribution in [0.4, 0.5) is 11.9 Å². The van der Waals surface area contributed by atoms with Crippen LogP contribution in [0.25, 0.3) is 0 Å². The number of aromatic nitrogens is 4. The number of rotatable bonds is 5. The molecule has 142 valence electrons. The van der Waals surface area contributed by atoms with Crippen LogP contribution in [0.15, 0.2) is 61.2 Å². The van der Waals surface area contributed by atoms with Gasteiger partial charge in [-0.15, -0.1) is 0 Å². The van der Waals surface area contributed by atoms with E-state index in [2.05, 4.69) is 30.2 Å². The van der Waals surface area contributed by atoms with Crippen molar-refractivity contribution >= 4 is 17.8 Å². The Morgan fingerprint density at radius 2 is 1.57 bits per heavy atom. The molecule has 0 bridgehead atoms. The lowest BCUT2D eigenvalue weighted by atomic mass is 10.2. The molecule has 1 N–H and O–H groups in total. The third-order valence-electron chi connectivity index (χ3n) is 4.59. The van der Waals surface area contributed by atoms with Gasteiger partial charge in [0, 0.05) is 57.5 Å². The fourth-order valence-corrected chi connectivity index (χ4v) is 3.05. The Balaban J connectivity index is 1.31. The molecule has 1 aromatic carbocycles. The molecule has 1 fully saturated rings. The highest BCUT2D eigenvalue weighted by molar-refractivity contribution is 5.93. The van der Waals surface area contributed by atoms with E-state index in [0.717, 1.165) is 5.56 Å². The van der Waals surface area contributed by atoms with Gasteiger partial charge in [-0.05, 0) is 11.6 Å². The summed E-state index contributed by atoms with van der Waals surface area (Å²) in [6.45, 7) is 3.27. The van der Waals surface area contributed by atoms with Crippen LogP contribution >= 0.6 is 0 Å². The molecule has 0 radical (unpaired) electrons. The molecule has 28 heavy (non-hydrogen) atoms. The zero-order valence-corrected chi connectivity index (χ0v) is 15.4. The SMILES string of the molecule is O=C(c1cnc(NCc2ccccc2)nc1)N1CCN(c2ncccn2)CC1. The van der Waals surface area contributed by atoms with Crippen LogP contribution in [-0.4, -0.2) is 56.9 Å². The number of benzene rings is 1. The average molecular weight is 375 g/mol. The molecule has 3 heterocycles. The second kappa shape index (κ2) is 8.43. The topological polar surface area (TPSA) is 87.1 Å². The van der Waals surface area contributed by atoms with E-state index in [9.17, 15) is 4.79 Å². The first-order chi connectivity index (χ1) is 13.8. The van der Waals surface area contributed by atoms with Crippen molar-refractivity contribution in [1.82, 2.24) is 24.8 Å². The molecule has 0 saturated carbocycles. The number of amides is 1. The van der Waals surface area contributed by atoms with Crippen molar-refractivity contribution in [3.8, 4) is 0 Å². The molecule has 1 aliphatic heterocycles. The van der Waals surface area contributed by atoms with E-state index in [-0.39, 0.29) is 5.91 Å². The Bertz CT molecular complexity index is 895. The second-order valence-electron chi connectivity index (χ2n) is 6.46. The molecular formula is C20H21N7O. The first-order valence-electron chi connectivity index (χ1n) is 9.21. The van der Waals surface area contributed by atoms with Gasteiger partial charge in [-0.25, -0.2) is 19.9 Å². The van der Waals surface area contributed by atoms with Crippen LogP contribution in [0.1, 0.15) is 15.9 Å². The van der Waals surface area contributed by atoms with E-state index in [0.29, 0.717) is 50.2 Å². The summed E-state index contributed by atoms with van der Waals surface area (Å²) in [5.41, 5.74) is 1.64. The van der Waals surface area contributed by atoms with Crippen molar-refractivity contribution in [2.24, 2.45) is 0 Å². The molecule has 1 saturated heterocycles. The molecule has 0 atom stereocenters. The number of nitrogens with one attached hydrogen (secondary N) is 1. The Morgan fingerprint density at radius 3 is 2.25 bits per heavy atom. The highest BCUT2D eigenvalue weighted by Gasteiger charge is 2.23. The second-order valence-corrected chi connectivity index (χ2v) is 6.46. The Hall–Kier alpha value is -3.55. The first kappa shape index (κ1) is 17.8. The van der Waals surface area contributed by atoms with Crippen molar-refractivity contribution < 1.29 is 4.79 Å². The summed E-state index contributed by atoms with van der Waals surface area (Å²) in [6, 6.07) is 11.8. The fourth-order valence-electron chi connectivity index (χ4n) is 3.05. The molecule has 3 aromatic rings. The Labute approximate surface area is 163 Å². The van der Waals surface area contributed by atoms with E-state index in [4.69, 9.17) is 0 Å². The largest absolute Gasteiger partial charge is 0.350 e. The third kappa shape index (κ3) is 4.22. The molecule has 1 aliphatic rings. The summed E-state index contributed by atoms with van der Waals surface area (Å²) in [5, 5.41) is 3.16. The Kier molecular flexibility index (Phi) is 5.37. The first-order valence-corrected chi connectivity index (χ1v) is 9.21. The number of anilines is 2. The summed E-state index contributed by atoms with van der Waals surface area (Å²) in [7, 11) is 0. The lowest BCUT2D eigenvalue weighted by molar-refractivity contribution is 0.0745. The van der Waals surface area contributed by atoms with Crippen LogP contribution in [0, 0.1) is 0 Å². The summed E-state index contributed by atoms with van der Waals surface area (Å²) in [5.74, 6) is 1.15. The Morgan fingerprint density at radius 1 is 0.893 bits per heavy atom. The van der Waals surface area contributed by atoms with Crippen LogP contribution in [0.2, 0.25) is 0 Å². The van der Waals surface area contributed by atoms with Gasteiger partial charge in [0.2, 0.25) is 11.9 Å². The quantitative estimate of drug-likeness (QED) is 0.728.